The van der Waals surface area contributed by atoms with Gasteiger partial charge in [0.05, 0.1) is 27.0 Å². The third-order valence-electron chi connectivity index (χ3n) is 3.35. The number of nitrogens with one attached hydrogen (secondary N) is 1. The van der Waals surface area contributed by atoms with Crippen molar-refractivity contribution in [1.29, 1.82) is 0 Å². The zero-order valence-electron chi connectivity index (χ0n) is 13.9. The SMILES string of the molecule is COc1cc(C(=O)/C=C/Nc2ccc(Br)cc2Br)cc(OC)c1OC. The molecule has 7 heteroatoms. The number of carbonyl (C=O) groups excluding carboxylic acids is 1. The number of benzene rings is 2. The Kier molecular flexibility index (Phi) is 6.90. The van der Waals surface area contributed by atoms with Crippen LogP contribution in [0.1, 0.15) is 10.4 Å². The van der Waals surface area contributed by atoms with Crippen molar-refractivity contribution < 1.29 is 19.0 Å². The highest BCUT2D eigenvalue weighted by Crippen LogP contribution is 2.38. The molecule has 1 N–H and O–H groups in total. The lowest BCUT2D eigenvalue weighted by molar-refractivity contribution is 0.104. The van der Waals surface area contributed by atoms with Gasteiger partial charge in [-0.1, -0.05) is 15.9 Å². The summed E-state index contributed by atoms with van der Waals surface area (Å²) in [5.74, 6) is 1.12. The standard InChI is InChI=1S/C18H17Br2NO4/c1-23-16-8-11(9-17(24-2)18(16)25-3)15(22)6-7-21-14-5-4-12(19)10-13(14)20/h4-10,21H,1-3H3/b7-6+. The summed E-state index contributed by atoms with van der Waals surface area (Å²) in [6, 6.07) is 8.94. The maximum atomic E-state index is 12.4. The van der Waals surface area contributed by atoms with Gasteiger partial charge in [-0.2, -0.15) is 0 Å². The number of hydrogen-bond acceptors (Lipinski definition) is 5. The smallest absolute Gasteiger partial charge is 0.203 e. The summed E-state index contributed by atoms with van der Waals surface area (Å²) in [5.41, 5.74) is 1.28. The van der Waals surface area contributed by atoms with Crippen molar-refractivity contribution in [2.45, 2.75) is 0 Å². The number of halogens is 2. The van der Waals surface area contributed by atoms with Crippen LogP contribution < -0.4 is 19.5 Å². The molecule has 0 amide bonds. The van der Waals surface area contributed by atoms with E-state index in [-0.39, 0.29) is 5.78 Å². The Morgan fingerprint density at radius 3 is 2.16 bits per heavy atom. The number of carbonyl (C=O) groups is 1. The van der Waals surface area contributed by atoms with Gasteiger partial charge in [0.1, 0.15) is 0 Å². The lowest BCUT2D eigenvalue weighted by Crippen LogP contribution is -2.01. The van der Waals surface area contributed by atoms with E-state index in [0.717, 1.165) is 14.6 Å². The van der Waals surface area contributed by atoms with Crippen LogP contribution in [-0.2, 0) is 0 Å². The van der Waals surface area contributed by atoms with Crippen molar-refractivity contribution in [3.05, 3.63) is 57.1 Å². The van der Waals surface area contributed by atoms with Crippen LogP contribution in [-0.4, -0.2) is 27.1 Å². The van der Waals surface area contributed by atoms with E-state index in [1.807, 2.05) is 18.2 Å². The highest BCUT2D eigenvalue weighted by molar-refractivity contribution is 9.11. The molecule has 0 unspecified atom stereocenters. The Morgan fingerprint density at radius 2 is 1.64 bits per heavy atom. The van der Waals surface area contributed by atoms with E-state index < -0.39 is 0 Å². The van der Waals surface area contributed by atoms with Gasteiger partial charge in [-0.25, -0.2) is 0 Å². The average Bonchev–Trinajstić information content (AvgIpc) is 2.61. The second-order valence-electron chi connectivity index (χ2n) is 4.88. The molecule has 0 aliphatic rings. The molecule has 2 aromatic rings. The predicted octanol–water partition coefficient (Wildman–Crippen LogP) is 5.05. The monoisotopic (exact) mass is 469 g/mol. The van der Waals surface area contributed by atoms with Crippen LogP contribution in [0.25, 0.3) is 0 Å². The number of hydrogen-bond donors (Lipinski definition) is 1. The number of rotatable bonds is 7. The predicted molar refractivity (Wildman–Crippen MR) is 105 cm³/mol. The van der Waals surface area contributed by atoms with E-state index in [2.05, 4.69) is 37.2 Å². The van der Waals surface area contributed by atoms with Crippen molar-refractivity contribution >= 4 is 43.3 Å². The summed E-state index contributed by atoms with van der Waals surface area (Å²) in [4.78, 5) is 12.4. The Bertz CT molecular complexity index is 781. The van der Waals surface area contributed by atoms with Crippen LogP contribution in [0.2, 0.25) is 0 Å². The summed E-state index contributed by atoms with van der Waals surface area (Å²) in [7, 11) is 4.53. The number of methoxy groups -OCH3 is 3. The van der Waals surface area contributed by atoms with Crippen LogP contribution in [0.5, 0.6) is 17.2 Å². The Labute approximate surface area is 163 Å². The molecule has 0 bridgehead atoms. The molecule has 0 fully saturated rings. The number of allylic oxidation sites excluding steroid dienone is 1. The molecule has 5 nitrogen and oxygen atoms in total. The van der Waals surface area contributed by atoms with Crippen molar-refractivity contribution in [1.82, 2.24) is 0 Å². The summed E-state index contributed by atoms with van der Waals surface area (Å²) >= 11 is 6.85. The maximum absolute atomic E-state index is 12.4. The molecule has 132 valence electrons. The Hall–Kier alpha value is -1.99. The molecule has 2 aromatic carbocycles. The molecule has 2 rings (SSSR count). The molecule has 0 aliphatic heterocycles. The van der Waals surface area contributed by atoms with E-state index in [4.69, 9.17) is 14.2 Å². The minimum Gasteiger partial charge on any atom is -0.493 e. The van der Waals surface area contributed by atoms with Gasteiger partial charge in [-0.05, 0) is 46.3 Å². The van der Waals surface area contributed by atoms with E-state index in [0.29, 0.717) is 22.8 Å². The minimum absolute atomic E-state index is 0.194. The molecule has 0 radical (unpaired) electrons. The van der Waals surface area contributed by atoms with Crippen molar-refractivity contribution in [2.24, 2.45) is 0 Å². The van der Waals surface area contributed by atoms with Crippen LogP contribution in [0.15, 0.2) is 51.6 Å². The van der Waals surface area contributed by atoms with Crippen molar-refractivity contribution in [3.63, 3.8) is 0 Å². The third kappa shape index (κ3) is 4.76. The van der Waals surface area contributed by atoms with Crippen LogP contribution in [0, 0.1) is 0 Å². The zero-order chi connectivity index (χ0) is 18.4. The van der Waals surface area contributed by atoms with Gasteiger partial charge in [0, 0.05) is 26.8 Å². The van der Waals surface area contributed by atoms with E-state index in [1.54, 1.807) is 18.3 Å². The largest absolute Gasteiger partial charge is 0.493 e. The van der Waals surface area contributed by atoms with Crippen molar-refractivity contribution in [3.8, 4) is 17.2 Å². The first-order chi connectivity index (χ1) is 12.0. The van der Waals surface area contributed by atoms with Crippen LogP contribution >= 0.6 is 31.9 Å². The topological polar surface area (TPSA) is 56.8 Å². The summed E-state index contributed by atoms with van der Waals surface area (Å²) in [6.07, 6.45) is 3.02. The Balaban J connectivity index is 2.20. The lowest BCUT2D eigenvalue weighted by Gasteiger charge is -2.13. The zero-order valence-corrected chi connectivity index (χ0v) is 17.1. The Morgan fingerprint density at radius 1 is 1.00 bits per heavy atom. The number of ketones is 1. The molecule has 0 aromatic heterocycles. The minimum atomic E-state index is -0.194. The molecule has 0 heterocycles. The quantitative estimate of drug-likeness (QED) is 0.453. The van der Waals surface area contributed by atoms with E-state index in [1.165, 1.54) is 27.4 Å². The fourth-order valence-electron chi connectivity index (χ4n) is 2.13. The van der Waals surface area contributed by atoms with Gasteiger partial charge in [0.25, 0.3) is 0 Å². The highest BCUT2D eigenvalue weighted by atomic mass is 79.9. The molecule has 0 saturated heterocycles. The molecule has 0 spiro atoms. The van der Waals surface area contributed by atoms with Crippen LogP contribution in [0.4, 0.5) is 5.69 Å². The van der Waals surface area contributed by atoms with Gasteiger partial charge in [-0.3, -0.25) is 4.79 Å². The third-order valence-corrected chi connectivity index (χ3v) is 4.50. The van der Waals surface area contributed by atoms with Gasteiger partial charge >= 0.3 is 0 Å². The second kappa shape index (κ2) is 8.92. The van der Waals surface area contributed by atoms with Crippen LogP contribution in [0.3, 0.4) is 0 Å². The molecular formula is C18H17Br2NO4. The van der Waals surface area contributed by atoms with Gasteiger partial charge in [0.2, 0.25) is 5.75 Å². The van der Waals surface area contributed by atoms with E-state index in [9.17, 15) is 4.79 Å². The first-order valence-electron chi connectivity index (χ1n) is 7.22. The normalized spacial score (nSPS) is 10.6. The lowest BCUT2D eigenvalue weighted by atomic mass is 10.1. The van der Waals surface area contributed by atoms with Crippen molar-refractivity contribution in [2.75, 3.05) is 26.6 Å². The van der Waals surface area contributed by atoms with Gasteiger partial charge < -0.3 is 19.5 Å². The van der Waals surface area contributed by atoms with Gasteiger partial charge in [-0.15, -0.1) is 0 Å². The van der Waals surface area contributed by atoms with E-state index >= 15 is 0 Å². The number of anilines is 1. The summed E-state index contributed by atoms with van der Waals surface area (Å²) < 4.78 is 17.6. The first-order valence-corrected chi connectivity index (χ1v) is 8.81. The molecule has 0 atom stereocenters. The second-order valence-corrected chi connectivity index (χ2v) is 6.65. The first kappa shape index (κ1) is 19.3. The summed E-state index contributed by atoms with van der Waals surface area (Å²) in [6.45, 7) is 0. The molecule has 25 heavy (non-hydrogen) atoms. The fraction of sp³-hybridized carbons (Fsp3) is 0.167. The molecule has 0 saturated carbocycles. The molecular weight excluding hydrogens is 454 g/mol. The fourth-order valence-corrected chi connectivity index (χ4v) is 3.29. The average molecular weight is 471 g/mol. The maximum Gasteiger partial charge on any atom is 0.203 e. The molecule has 0 aliphatic carbocycles. The highest BCUT2D eigenvalue weighted by Gasteiger charge is 2.15. The number of ether oxygens (including phenoxy) is 3. The summed E-state index contributed by atoms with van der Waals surface area (Å²) in [5, 5.41) is 3.06. The van der Waals surface area contributed by atoms with Gasteiger partial charge in [0.15, 0.2) is 17.3 Å².